The Morgan fingerprint density at radius 1 is 1.47 bits per heavy atom. The minimum Gasteiger partial charge on any atom is -0.318 e. The van der Waals surface area contributed by atoms with Gasteiger partial charge in [0, 0.05) is 25.2 Å². The minimum atomic E-state index is -0.260. The first kappa shape index (κ1) is 13.6. The minimum absolute atomic E-state index is 0.260. The Labute approximate surface area is 102 Å². The number of amides is 1. The van der Waals surface area contributed by atoms with Crippen LogP contribution in [0.5, 0.6) is 0 Å². The fourth-order valence-corrected chi connectivity index (χ4v) is 1.59. The highest BCUT2D eigenvalue weighted by atomic mass is 16.2. The van der Waals surface area contributed by atoms with E-state index in [1.54, 1.807) is 6.07 Å². The first-order valence-corrected chi connectivity index (χ1v) is 5.60. The number of carbonyl (C=O) groups is 1. The molecule has 0 fully saturated rings. The lowest BCUT2D eigenvalue weighted by Crippen LogP contribution is -2.30. The van der Waals surface area contributed by atoms with Gasteiger partial charge in [-0.3, -0.25) is 10.2 Å². The summed E-state index contributed by atoms with van der Waals surface area (Å²) in [4.78, 5) is 13.6. The van der Waals surface area contributed by atoms with Crippen LogP contribution < -0.4 is 16.6 Å². The largest absolute Gasteiger partial charge is 0.318 e. The quantitative estimate of drug-likeness (QED) is 0.368. The van der Waals surface area contributed by atoms with Gasteiger partial charge in [-0.1, -0.05) is 12.1 Å². The fourth-order valence-electron chi connectivity index (χ4n) is 1.59. The van der Waals surface area contributed by atoms with E-state index in [9.17, 15) is 4.79 Å². The van der Waals surface area contributed by atoms with Crippen LogP contribution in [0.15, 0.2) is 24.3 Å². The van der Waals surface area contributed by atoms with E-state index in [1.807, 2.05) is 32.3 Å². The number of carbonyl (C=O) groups excluding carboxylic acids is 1. The Bertz CT molecular complexity index is 367. The van der Waals surface area contributed by atoms with E-state index in [0.717, 1.165) is 25.2 Å². The Morgan fingerprint density at radius 2 is 2.24 bits per heavy atom. The number of hydrogen-bond donors (Lipinski definition) is 3. The summed E-state index contributed by atoms with van der Waals surface area (Å²) in [7, 11) is 3.98. The standard InChI is InChI=1S/C12H20N4O/c1-14-6-7-16(2)9-10-4-3-5-11(8-10)12(17)15-13/h3-5,8,14H,6-7,9,13H2,1-2H3,(H,15,17). The van der Waals surface area contributed by atoms with E-state index in [0.29, 0.717) is 5.56 Å². The molecule has 0 unspecified atom stereocenters. The molecule has 4 N–H and O–H groups in total. The Balaban J connectivity index is 2.62. The van der Waals surface area contributed by atoms with E-state index >= 15 is 0 Å². The molecule has 0 aliphatic rings. The third kappa shape index (κ3) is 4.52. The van der Waals surface area contributed by atoms with Gasteiger partial charge in [-0.25, -0.2) is 5.84 Å². The van der Waals surface area contributed by atoms with Crippen molar-refractivity contribution in [3.63, 3.8) is 0 Å². The van der Waals surface area contributed by atoms with Crippen molar-refractivity contribution in [2.75, 3.05) is 27.2 Å². The van der Waals surface area contributed by atoms with E-state index in [1.165, 1.54) is 0 Å². The first-order valence-electron chi connectivity index (χ1n) is 5.60. The highest BCUT2D eigenvalue weighted by Crippen LogP contribution is 2.07. The molecular weight excluding hydrogens is 216 g/mol. The molecule has 1 aromatic carbocycles. The summed E-state index contributed by atoms with van der Waals surface area (Å²) in [6.45, 7) is 2.72. The van der Waals surface area contributed by atoms with Crippen molar-refractivity contribution in [2.24, 2.45) is 5.84 Å². The molecule has 0 bridgehead atoms. The lowest BCUT2D eigenvalue weighted by atomic mass is 10.1. The summed E-state index contributed by atoms with van der Waals surface area (Å²) < 4.78 is 0. The summed E-state index contributed by atoms with van der Waals surface area (Å²) in [6, 6.07) is 7.48. The van der Waals surface area contributed by atoms with Crippen molar-refractivity contribution in [1.29, 1.82) is 0 Å². The van der Waals surface area contributed by atoms with Crippen molar-refractivity contribution in [3.8, 4) is 0 Å². The van der Waals surface area contributed by atoms with Gasteiger partial charge < -0.3 is 10.2 Å². The summed E-state index contributed by atoms with van der Waals surface area (Å²) in [6.07, 6.45) is 0. The van der Waals surface area contributed by atoms with Crippen LogP contribution >= 0.6 is 0 Å². The van der Waals surface area contributed by atoms with E-state index < -0.39 is 0 Å². The number of benzene rings is 1. The highest BCUT2D eigenvalue weighted by molar-refractivity contribution is 5.93. The lowest BCUT2D eigenvalue weighted by molar-refractivity contribution is 0.0953. The highest BCUT2D eigenvalue weighted by Gasteiger charge is 2.05. The van der Waals surface area contributed by atoms with Crippen LogP contribution in [-0.2, 0) is 6.54 Å². The van der Waals surface area contributed by atoms with Crippen LogP contribution in [0.2, 0.25) is 0 Å². The maximum absolute atomic E-state index is 11.4. The Morgan fingerprint density at radius 3 is 2.88 bits per heavy atom. The third-order valence-electron chi connectivity index (χ3n) is 2.52. The molecule has 17 heavy (non-hydrogen) atoms. The number of hydrogen-bond acceptors (Lipinski definition) is 4. The molecule has 0 radical (unpaired) electrons. The predicted octanol–water partition coefficient (Wildman–Crippen LogP) is -0.0587. The third-order valence-corrected chi connectivity index (χ3v) is 2.52. The second-order valence-electron chi connectivity index (χ2n) is 4.02. The summed E-state index contributed by atoms with van der Waals surface area (Å²) in [5.41, 5.74) is 3.82. The van der Waals surface area contributed by atoms with Gasteiger partial charge in [0.2, 0.25) is 0 Å². The van der Waals surface area contributed by atoms with Crippen molar-refractivity contribution in [2.45, 2.75) is 6.54 Å². The number of nitrogens with zero attached hydrogens (tertiary/aromatic N) is 1. The SMILES string of the molecule is CNCCN(C)Cc1cccc(C(=O)NN)c1. The molecular formula is C12H20N4O. The molecule has 0 heterocycles. The average molecular weight is 236 g/mol. The Kier molecular flexibility index (Phi) is 5.62. The molecule has 0 aliphatic heterocycles. The topological polar surface area (TPSA) is 70.4 Å². The van der Waals surface area contributed by atoms with Gasteiger partial charge in [-0.15, -0.1) is 0 Å². The molecule has 1 rings (SSSR count). The molecule has 0 aliphatic carbocycles. The smallest absolute Gasteiger partial charge is 0.265 e. The van der Waals surface area contributed by atoms with Gasteiger partial charge in [-0.2, -0.15) is 0 Å². The fraction of sp³-hybridized carbons (Fsp3) is 0.417. The molecule has 1 aromatic rings. The number of hydrazine groups is 1. The van der Waals surface area contributed by atoms with E-state index in [2.05, 4.69) is 15.6 Å². The van der Waals surface area contributed by atoms with Gasteiger partial charge in [0.25, 0.3) is 5.91 Å². The monoisotopic (exact) mass is 236 g/mol. The van der Waals surface area contributed by atoms with Crippen molar-refractivity contribution in [1.82, 2.24) is 15.6 Å². The average Bonchev–Trinajstić information content (AvgIpc) is 2.35. The Hall–Kier alpha value is -1.43. The van der Waals surface area contributed by atoms with Crippen molar-refractivity contribution < 1.29 is 4.79 Å². The van der Waals surface area contributed by atoms with Crippen molar-refractivity contribution >= 4 is 5.91 Å². The van der Waals surface area contributed by atoms with Gasteiger partial charge in [0.05, 0.1) is 0 Å². The zero-order valence-corrected chi connectivity index (χ0v) is 10.4. The summed E-state index contributed by atoms with van der Waals surface area (Å²) in [5.74, 6) is 4.84. The normalized spacial score (nSPS) is 10.6. The van der Waals surface area contributed by atoms with Crippen LogP contribution in [0.3, 0.4) is 0 Å². The van der Waals surface area contributed by atoms with Crippen LogP contribution in [0.4, 0.5) is 0 Å². The lowest BCUT2D eigenvalue weighted by Gasteiger charge is -2.16. The van der Waals surface area contributed by atoms with Gasteiger partial charge in [-0.05, 0) is 31.8 Å². The number of rotatable bonds is 6. The number of nitrogens with one attached hydrogen (secondary N) is 2. The maximum atomic E-state index is 11.4. The molecule has 94 valence electrons. The zero-order valence-electron chi connectivity index (χ0n) is 10.4. The van der Waals surface area contributed by atoms with Gasteiger partial charge in [0.15, 0.2) is 0 Å². The number of likely N-dealkylation sites (N-methyl/N-ethyl adjacent to an activating group) is 2. The summed E-state index contributed by atoms with van der Waals surface area (Å²) >= 11 is 0. The molecule has 0 spiro atoms. The van der Waals surface area contributed by atoms with Crippen LogP contribution in [0, 0.1) is 0 Å². The predicted molar refractivity (Wildman–Crippen MR) is 68.4 cm³/mol. The molecule has 1 amide bonds. The van der Waals surface area contributed by atoms with Crippen LogP contribution in [0.1, 0.15) is 15.9 Å². The number of nitrogen functional groups attached to an aromatic ring is 1. The molecule has 0 saturated heterocycles. The molecule has 5 heteroatoms. The maximum Gasteiger partial charge on any atom is 0.265 e. The molecule has 0 aromatic heterocycles. The summed E-state index contributed by atoms with van der Waals surface area (Å²) in [5, 5.41) is 3.10. The van der Waals surface area contributed by atoms with E-state index in [4.69, 9.17) is 5.84 Å². The van der Waals surface area contributed by atoms with Crippen LogP contribution in [0.25, 0.3) is 0 Å². The first-order chi connectivity index (χ1) is 8.17. The second kappa shape index (κ2) is 7.01. The second-order valence-corrected chi connectivity index (χ2v) is 4.02. The van der Waals surface area contributed by atoms with Gasteiger partial charge in [0.1, 0.15) is 0 Å². The van der Waals surface area contributed by atoms with Crippen LogP contribution in [-0.4, -0.2) is 38.0 Å². The molecule has 5 nitrogen and oxygen atoms in total. The zero-order chi connectivity index (χ0) is 12.7. The van der Waals surface area contributed by atoms with Crippen molar-refractivity contribution in [3.05, 3.63) is 35.4 Å². The van der Waals surface area contributed by atoms with E-state index in [-0.39, 0.29) is 5.91 Å². The molecule has 0 saturated carbocycles. The molecule has 0 atom stereocenters. The number of nitrogens with two attached hydrogens (primary N) is 1. The van der Waals surface area contributed by atoms with Gasteiger partial charge >= 0.3 is 0 Å².